The van der Waals surface area contributed by atoms with E-state index in [-0.39, 0.29) is 17.8 Å². The van der Waals surface area contributed by atoms with Gasteiger partial charge in [0, 0.05) is 12.6 Å². The Bertz CT molecular complexity index is 863. The monoisotopic (exact) mass is 396 g/mol. The third-order valence-electron chi connectivity index (χ3n) is 6.55. The molecule has 0 bridgehead atoms. The van der Waals surface area contributed by atoms with Crippen LogP contribution in [-0.2, 0) is 10.2 Å². The number of piperidine rings is 1. The van der Waals surface area contributed by atoms with Gasteiger partial charge in [-0.3, -0.25) is 9.69 Å². The Morgan fingerprint density at radius 2 is 2.00 bits per heavy atom. The number of hydrogen-bond acceptors (Lipinski definition) is 3. The highest BCUT2D eigenvalue weighted by Gasteiger charge is 2.51. The van der Waals surface area contributed by atoms with E-state index in [0.717, 1.165) is 43.5 Å². The summed E-state index contributed by atoms with van der Waals surface area (Å²) in [4.78, 5) is 15.4. The summed E-state index contributed by atoms with van der Waals surface area (Å²) in [6.45, 7) is 1.69. The highest BCUT2D eigenvalue weighted by Crippen LogP contribution is 2.48. The van der Waals surface area contributed by atoms with Gasteiger partial charge in [0.1, 0.15) is 11.6 Å². The summed E-state index contributed by atoms with van der Waals surface area (Å²) in [7, 11) is 3.82. The van der Waals surface area contributed by atoms with Crippen LogP contribution in [0.2, 0.25) is 0 Å². The molecule has 2 unspecified atom stereocenters. The molecule has 4 rings (SSSR count). The minimum atomic E-state index is -0.543. The van der Waals surface area contributed by atoms with Gasteiger partial charge >= 0.3 is 0 Å². The smallest absolute Gasteiger partial charge is 0.230 e. The van der Waals surface area contributed by atoms with Crippen molar-refractivity contribution in [2.75, 3.05) is 27.2 Å². The van der Waals surface area contributed by atoms with E-state index in [1.54, 1.807) is 13.2 Å². The van der Waals surface area contributed by atoms with Crippen molar-refractivity contribution in [3.63, 3.8) is 0 Å². The van der Waals surface area contributed by atoms with Gasteiger partial charge in [0.2, 0.25) is 5.91 Å². The second-order valence-corrected chi connectivity index (χ2v) is 8.40. The van der Waals surface area contributed by atoms with Crippen molar-refractivity contribution in [2.45, 2.75) is 37.1 Å². The molecule has 2 aliphatic rings. The fraction of sp³-hybridized carbons (Fsp3) is 0.458. The molecule has 1 saturated heterocycles. The van der Waals surface area contributed by atoms with E-state index >= 15 is 0 Å². The van der Waals surface area contributed by atoms with Crippen LogP contribution in [0, 0.1) is 11.7 Å². The van der Waals surface area contributed by atoms with Crippen molar-refractivity contribution < 1.29 is 13.9 Å². The molecule has 2 atom stereocenters. The summed E-state index contributed by atoms with van der Waals surface area (Å²) in [5.41, 5.74) is 1.50. The summed E-state index contributed by atoms with van der Waals surface area (Å²) in [5.74, 6) is 0.942. The first-order valence-electron chi connectivity index (χ1n) is 10.4. The minimum Gasteiger partial charge on any atom is -0.497 e. The van der Waals surface area contributed by atoms with Gasteiger partial charge in [-0.25, -0.2) is 4.39 Å². The number of likely N-dealkylation sites (tertiary alicyclic amines) is 1. The maximum atomic E-state index is 13.7. The average Bonchev–Trinajstić information content (AvgIpc) is 3.54. The Labute approximate surface area is 172 Å². The molecule has 1 N–H and O–H groups in total. The lowest BCUT2D eigenvalue weighted by atomic mass is 9.84. The molecule has 29 heavy (non-hydrogen) atoms. The Morgan fingerprint density at radius 3 is 2.66 bits per heavy atom. The van der Waals surface area contributed by atoms with Gasteiger partial charge in [0.15, 0.2) is 0 Å². The number of rotatable bonds is 6. The molecule has 2 aromatic rings. The summed E-state index contributed by atoms with van der Waals surface area (Å²) < 4.78 is 18.9. The number of carbonyl (C=O) groups excluding carboxylic acids is 1. The molecule has 5 heteroatoms. The predicted octanol–water partition coefficient (Wildman–Crippen LogP) is 4.07. The van der Waals surface area contributed by atoms with E-state index in [1.807, 2.05) is 18.2 Å². The van der Waals surface area contributed by atoms with Crippen molar-refractivity contribution in [3.05, 3.63) is 65.5 Å². The molecule has 0 aromatic heterocycles. The highest BCUT2D eigenvalue weighted by atomic mass is 19.1. The van der Waals surface area contributed by atoms with Gasteiger partial charge in [0.05, 0.1) is 12.5 Å². The molecule has 4 nitrogen and oxygen atoms in total. The fourth-order valence-corrected chi connectivity index (χ4v) is 4.75. The Morgan fingerprint density at radius 1 is 1.24 bits per heavy atom. The molecular weight excluding hydrogens is 367 g/mol. The van der Waals surface area contributed by atoms with Crippen molar-refractivity contribution in [1.29, 1.82) is 0 Å². The fourth-order valence-electron chi connectivity index (χ4n) is 4.75. The molecule has 1 amide bonds. The first kappa shape index (κ1) is 19.9. The van der Waals surface area contributed by atoms with Crippen molar-refractivity contribution in [3.8, 4) is 5.75 Å². The Balaban J connectivity index is 1.46. The molecule has 1 aliphatic carbocycles. The van der Waals surface area contributed by atoms with E-state index in [4.69, 9.17) is 4.74 Å². The molecule has 1 aliphatic heterocycles. The number of nitrogens with zero attached hydrogens (tertiary/aromatic N) is 1. The zero-order valence-electron chi connectivity index (χ0n) is 17.2. The van der Waals surface area contributed by atoms with Gasteiger partial charge in [-0.2, -0.15) is 0 Å². The van der Waals surface area contributed by atoms with Crippen molar-refractivity contribution in [2.24, 2.45) is 5.92 Å². The zero-order chi connectivity index (χ0) is 20.4. The first-order chi connectivity index (χ1) is 14.0. The lowest BCUT2D eigenvalue weighted by Gasteiger charge is -2.40. The molecule has 0 spiro atoms. The van der Waals surface area contributed by atoms with E-state index in [1.165, 1.54) is 17.7 Å². The molecular formula is C24H29FN2O2. The van der Waals surface area contributed by atoms with Gasteiger partial charge in [-0.15, -0.1) is 0 Å². The van der Waals surface area contributed by atoms with Crippen LogP contribution in [0.3, 0.4) is 0 Å². The van der Waals surface area contributed by atoms with E-state index < -0.39 is 5.41 Å². The van der Waals surface area contributed by atoms with Crippen LogP contribution < -0.4 is 10.1 Å². The number of hydrogen-bond donors (Lipinski definition) is 1. The van der Waals surface area contributed by atoms with Crippen molar-refractivity contribution in [1.82, 2.24) is 10.2 Å². The number of halogens is 1. The van der Waals surface area contributed by atoms with E-state index in [0.29, 0.717) is 12.5 Å². The van der Waals surface area contributed by atoms with Crippen LogP contribution in [-0.4, -0.2) is 38.1 Å². The number of ether oxygens (including phenoxy) is 1. The molecule has 2 fully saturated rings. The minimum absolute atomic E-state index is 0.0322. The van der Waals surface area contributed by atoms with Crippen LogP contribution in [0.5, 0.6) is 5.75 Å². The second kappa shape index (κ2) is 8.15. The summed E-state index contributed by atoms with van der Waals surface area (Å²) in [5, 5.41) is 3.20. The van der Waals surface area contributed by atoms with Crippen LogP contribution in [0.25, 0.3) is 0 Å². The maximum Gasteiger partial charge on any atom is 0.230 e. The van der Waals surface area contributed by atoms with E-state index in [9.17, 15) is 9.18 Å². The Kier molecular flexibility index (Phi) is 5.59. The summed E-state index contributed by atoms with van der Waals surface area (Å²) >= 11 is 0. The first-order valence-corrected chi connectivity index (χ1v) is 10.4. The maximum absolute atomic E-state index is 13.7. The lowest BCUT2D eigenvalue weighted by molar-refractivity contribution is -0.124. The molecule has 0 radical (unpaired) electrons. The third kappa shape index (κ3) is 4.01. The highest BCUT2D eigenvalue weighted by molar-refractivity contribution is 5.91. The van der Waals surface area contributed by atoms with Gasteiger partial charge < -0.3 is 10.1 Å². The number of carbonyl (C=O) groups is 1. The molecule has 154 valence electrons. The van der Waals surface area contributed by atoms with Crippen LogP contribution in [0.1, 0.15) is 42.9 Å². The van der Waals surface area contributed by atoms with Crippen molar-refractivity contribution >= 4 is 5.91 Å². The second-order valence-electron chi connectivity index (χ2n) is 8.40. The average molecular weight is 397 g/mol. The normalized spacial score (nSPS) is 23.4. The van der Waals surface area contributed by atoms with Gasteiger partial charge in [-0.1, -0.05) is 24.3 Å². The molecule has 1 heterocycles. The SMILES string of the molecule is COc1ccc(C2C(CNC(=O)C3(c4cccc(F)c4)CC3)CCCN2C)cc1. The summed E-state index contributed by atoms with van der Waals surface area (Å²) in [6.07, 6.45) is 3.77. The third-order valence-corrected chi connectivity index (χ3v) is 6.55. The zero-order valence-corrected chi connectivity index (χ0v) is 17.2. The largest absolute Gasteiger partial charge is 0.497 e. The van der Waals surface area contributed by atoms with Crippen LogP contribution in [0.4, 0.5) is 4.39 Å². The number of methoxy groups -OCH3 is 1. The topological polar surface area (TPSA) is 41.6 Å². The van der Waals surface area contributed by atoms with Crippen LogP contribution in [0.15, 0.2) is 48.5 Å². The molecule has 2 aromatic carbocycles. The lowest BCUT2D eigenvalue weighted by Crippen LogP contribution is -2.44. The Hall–Kier alpha value is -2.40. The van der Waals surface area contributed by atoms with E-state index in [2.05, 4.69) is 29.4 Å². The predicted molar refractivity (Wildman–Crippen MR) is 111 cm³/mol. The van der Waals surface area contributed by atoms with Gasteiger partial charge in [0.25, 0.3) is 0 Å². The molecule has 1 saturated carbocycles. The van der Waals surface area contributed by atoms with Crippen LogP contribution >= 0.6 is 0 Å². The quantitative estimate of drug-likeness (QED) is 0.800. The number of nitrogens with one attached hydrogen (secondary N) is 1. The standard InChI is InChI=1S/C24H29FN2O2/c1-27-14-4-5-18(22(27)17-8-10-21(29-2)11-9-17)16-26-23(28)24(12-13-24)19-6-3-7-20(25)15-19/h3,6-11,15,18,22H,4-5,12-14,16H2,1-2H3,(H,26,28). The van der Waals surface area contributed by atoms with Gasteiger partial charge in [-0.05, 0) is 80.6 Å². The number of amides is 1. The summed E-state index contributed by atoms with van der Waals surface area (Å²) in [6, 6.07) is 15.0. The number of benzene rings is 2.